The number of carbonyl (C=O) groups excluding carboxylic acids is 1. The maximum absolute atomic E-state index is 11.5. The molecule has 1 aromatic rings. The summed E-state index contributed by atoms with van der Waals surface area (Å²) in [5.41, 5.74) is 1.49. The smallest absolute Gasteiger partial charge is 0.219 e. The number of rotatable bonds is 5. The predicted octanol–water partition coefficient (Wildman–Crippen LogP) is 2.68. The van der Waals surface area contributed by atoms with Crippen LogP contribution in [0.1, 0.15) is 44.1 Å². The zero-order chi connectivity index (χ0) is 19.2. The van der Waals surface area contributed by atoms with E-state index in [0.717, 1.165) is 64.5 Å². The molecule has 6 nitrogen and oxygen atoms in total. The first kappa shape index (κ1) is 23.4. The van der Waals surface area contributed by atoms with E-state index in [4.69, 9.17) is 4.99 Å². The van der Waals surface area contributed by atoms with Gasteiger partial charge in [-0.25, -0.2) is 0 Å². The minimum atomic E-state index is 0. The summed E-state index contributed by atoms with van der Waals surface area (Å²) in [7, 11) is 0. The summed E-state index contributed by atoms with van der Waals surface area (Å²) >= 11 is 1.89. The average Bonchev–Trinajstić information content (AvgIpc) is 3.14. The largest absolute Gasteiger partial charge is 0.357 e. The molecule has 1 amide bonds. The van der Waals surface area contributed by atoms with Crippen molar-refractivity contribution in [3.05, 3.63) is 21.9 Å². The zero-order valence-corrected chi connectivity index (χ0v) is 20.4. The van der Waals surface area contributed by atoms with Crippen molar-refractivity contribution in [2.24, 2.45) is 4.99 Å². The molecular formula is C20H34IN5OS. The van der Waals surface area contributed by atoms with E-state index in [9.17, 15) is 4.79 Å². The lowest BCUT2D eigenvalue weighted by Crippen LogP contribution is -2.49. The summed E-state index contributed by atoms with van der Waals surface area (Å²) in [6.07, 6.45) is 3.12. The summed E-state index contributed by atoms with van der Waals surface area (Å²) in [6.45, 7) is 11.5. The van der Waals surface area contributed by atoms with E-state index in [-0.39, 0.29) is 29.9 Å². The molecule has 1 atom stereocenters. The number of likely N-dealkylation sites (tertiary alicyclic amines) is 1. The van der Waals surface area contributed by atoms with Crippen LogP contribution in [-0.4, -0.2) is 66.5 Å². The molecule has 2 aliphatic rings. The van der Waals surface area contributed by atoms with Crippen molar-refractivity contribution in [1.82, 2.24) is 20.4 Å². The van der Waals surface area contributed by atoms with Crippen molar-refractivity contribution < 1.29 is 4.79 Å². The monoisotopic (exact) mass is 519 g/mol. The van der Waals surface area contributed by atoms with Crippen LogP contribution >= 0.6 is 35.3 Å². The topological polar surface area (TPSA) is 60.0 Å². The maximum atomic E-state index is 11.5. The van der Waals surface area contributed by atoms with Crippen molar-refractivity contribution in [3.8, 4) is 0 Å². The molecule has 0 radical (unpaired) electrons. The van der Waals surface area contributed by atoms with Gasteiger partial charge in [0.15, 0.2) is 5.96 Å². The number of piperidine rings is 1. The van der Waals surface area contributed by atoms with E-state index in [1.807, 2.05) is 16.2 Å². The summed E-state index contributed by atoms with van der Waals surface area (Å²) in [6, 6.07) is 3.08. The van der Waals surface area contributed by atoms with Crippen molar-refractivity contribution >= 4 is 47.2 Å². The Balaban J connectivity index is 0.00000280. The molecule has 0 aliphatic carbocycles. The molecule has 8 heteroatoms. The molecule has 2 aliphatic heterocycles. The fourth-order valence-corrected chi connectivity index (χ4v) is 4.73. The number of amides is 1. The molecule has 0 bridgehead atoms. The van der Waals surface area contributed by atoms with Crippen LogP contribution in [0.2, 0.25) is 0 Å². The van der Waals surface area contributed by atoms with E-state index in [2.05, 4.69) is 40.8 Å². The minimum absolute atomic E-state index is 0. The lowest BCUT2D eigenvalue weighted by Gasteiger charge is -2.33. The number of hydrogen-bond acceptors (Lipinski definition) is 4. The highest BCUT2D eigenvalue weighted by molar-refractivity contribution is 14.0. The van der Waals surface area contributed by atoms with Gasteiger partial charge in [0.05, 0.1) is 6.54 Å². The lowest BCUT2D eigenvalue weighted by molar-refractivity contribution is -0.129. The van der Waals surface area contributed by atoms with Crippen LogP contribution in [0, 0.1) is 0 Å². The first-order chi connectivity index (χ1) is 13.1. The first-order valence-corrected chi connectivity index (χ1v) is 11.0. The average molecular weight is 519 g/mol. The van der Waals surface area contributed by atoms with Crippen LogP contribution in [0.4, 0.5) is 0 Å². The molecule has 0 aromatic carbocycles. The highest BCUT2D eigenvalue weighted by atomic mass is 127. The minimum Gasteiger partial charge on any atom is -0.357 e. The molecule has 28 heavy (non-hydrogen) atoms. The fraction of sp³-hybridized carbons (Fsp3) is 0.700. The third kappa shape index (κ3) is 6.32. The van der Waals surface area contributed by atoms with Crippen LogP contribution in [0.25, 0.3) is 0 Å². The van der Waals surface area contributed by atoms with E-state index < -0.39 is 0 Å². The molecule has 2 N–H and O–H groups in total. The highest BCUT2D eigenvalue weighted by Crippen LogP contribution is 2.25. The fourth-order valence-electron chi connectivity index (χ4n) is 3.84. The Hall–Kier alpha value is -0.870. The van der Waals surface area contributed by atoms with E-state index in [1.165, 1.54) is 5.56 Å². The molecule has 3 heterocycles. The number of nitrogens with zero attached hydrogens (tertiary/aromatic N) is 3. The standard InChI is InChI=1S/C20H33N5OS.HI/c1-4-21-20(23-18-5-9-24(10-6-18)16(3)26)22-13-15(2)25-11-7-19-17(14-25)8-12-27-19;/h8,12,15,18H,4-7,9-11,13-14H2,1-3H3,(H2,21,22,23);1H. The van der Waals surface area contributed by atoms with Gasteiger partial charge in [0, 0.05) is 56.6 Å². The van der Waals surface area contributed by atoms with Gasteiger partial charge in [-0.15, -0.1) is 35.3 Å². The van der Waals surface area contributed by atoms with Crippen LogP contribution < -0.4 is 10.6 Å². The van der Waals surface area contributed by atoms with E-state index >= 15 is 0 Å². The number of guanidine groups is 1. The van der Waals surface area contributed by atoms with Crippen molar-refractivity contribution in [1.29, 1.82) is 0 Å². The Kier molecular flexibility index (Phi) is 9.49. The molecule has 0 spiro atoms. The Labute approximate surface area is 190 Å². The van der Waals surface area contributed by atoms with Crippen molar-refractivity contribution in [2.75, 3.05) is 32.7 Å². The van der Waals surface area contributed by atoms with Crippen LogP contribution in [0.15, 0.2) is 16.4 Å². The Morgan fingerprint density at radius 2 is 2.11 bits per heavy atom. The molecule has 1 unspecified atom stereocenters. The Morgan fingerprint density at radius 1 is 1.36 bits per heavy atom. The Bertz CT molecular complexity index is 657. The highest BCUT2D eigenvalue weighted by Gasteiger charge is 2.23. The number of thiophene rings is 1. The zero-order valence-electron chi connectivity index (χ0n) is 17.2. The summed E-state index contributed by atoms with van der Waals surface area (Å²) in [5.74, 6) is 1.08. The number of fused-ring (bicyclic) bond motifs is 1. The van der Waals surface area contributed by atoms with Gasteiger partial charge in [0.2, 0.25) is 5.91 Å². The maximum Gasteiger partial charge on any atom is 0.219 e. The van der Waals surface area contributed by atoms with Crippen LogP contribution in [0.5, 0.6) is 0 Å². The third-order valence-corrected chi connectivity index (χ3v) is 6.62. The van der Waals surface area contributed by atoms with Gasteiger partial charge in [0.25, 0.3) is 0 Å². The SMILES string of the molecule is CCNC(=NCC(C)N1CCc2sccc2C1)NC1CCN(C(C)=O)CC1.I. The summed E-state index contributed by atoms with van der Waals surface area (Å²) in [4.78, 5) is 22.4. The van der Waals surface area contributed by atoms with Crippen LogP contribution in [-0.2, 0) is 17.8 Å². The predicted molar refractivity (Wildman–Crippen MR) is 128 cm³/mol. The second kappa shape index (κ2) is 11.3. The van der Waals surface area contributed by atoms with Crippen LogP contribution in [0.3, 0.4) is 0 Å². The third-order valence-electron chi connectivity index (χ3n) is 5.60. The number of halogens is 1. The number of aliphatic imine (C=N–C) groups is 1. The molecular weight excluding hydrogens is 485 g/mol. The van der Waals surface area contributed by atoms with Gasteiger partial charge in [-0.2, -0.15) is 0 Å². The second-order valence-corrected chi connectivity index (χ2v) is 8.58. The molecule has 1 saturated heterocycles. The summed E-state index contributed by atoms with van der Waals surface area (Å²) < 4.78 is 0. The quantitative estimate of drug-likeness (QED) is 0.357. The number of carbonyl (C=O) groups is 1. The first-order valence-electron chi connectivity index (χ1n) is 10.2. The summed E-state index contributed by atoms with van der Waals surface area (Å²) in [5, 5.41) is 9.16. The van der Waals surface area contributed by atoms with Gasteiger partial charge < -0.3 is 15.5 Å². The normalized spacial score (nSPS) is 19.5. The lowest BCUT2D eigenvalue weighted by atomic mass is 10.1. The molecule has 1 aromatic heterocycles. The number of nitrogens with one attached hydrogen (secondary N) is 2. The van der Waals surface area contributed by atoms with E-state index in [0.29, 0.717) is 12.1 Å². The molecule has 158 valence electrons. The Morgan fingerprint density at radius 3 is 2.79 bits per heavy atom. The van der Waals surface area contributed by atoms with Crippen molar-refractivity contribution in [3.63, 3.8) is 0 Å². The van der Waals surface area contributed by atoms with Gasteiger partial charge in [0.1, 0.15) is 0 Å². The second-order valence-electron chi connectivity index (χ2n) is 7.58. The van der Waals surface area contributed by atoms with Gasteiger partial charge in [-0.05, 0) is 50.1 Å². The van der Waals surface area contributed by atoms with Gasteiger partial charge >= 0.3 is 0 Å². The van der Waals surface area contributed by atoms with Crippen molar-refractivity contribution in [2.45, 2.75) is 58.7 Å². The van der Waals surface area contributed by atoms with Gasteiger partial charge in [-0.1, -0.05) is 0 Å². The van der Waals surface area contributed by atoms with E-state index in [1.54, 1.807) is 11.8 Å². The number of hydrogen-bond donors (Lipinski definition) is 2. The molecule has 1 fully saturated rings. The molecule has 3 rings (SSSR count). The van der Waals surface area contributed by atoms with Gasteiger partial charge in [-0.3, -0.25) is 14.7 Å². The molecule has 0 saturated carbocycles.